The number of nitrogens with two attached hydrogens (primary N) is 1. The Morgan fingerprint density at radius 1 is 0.968 bits per heavy atom. The third-order valence-electron chi connectivity index (χ3n) is 5.10. The van der Waals surface area contributed by atoms with Gasteiger partial charge in [0.15, 0.2) is 5.82 Å². The summed E-state index contributed by atoms with van der Waals surface area (Å²) in [5.41, 5.74) is 9.39. The number of hydrogen-bond donors (Lipinski definition) is 2. The van der Waals surface area contributed by atoms with Crippen LogP contribution in [0, 0.1) is 0 Å². The molecule has 0 saturated carbocycles. The standard InChI is InChI=1S/C24H20ClN5S/c25-18-7-4-8-19-20(18)21-22(31-19)24(30-23(29-21)16-9-11-27-12-10-16)28-14-17(26)13-15-5-2-1-3-6-15/h1-12,17H,13-14,26H2,(H,28,29,30). The van der Waals surface area contributed by atoms with Crippen molar-refractivity contribution in [2.75, 3.05) is 11.9 Å². The minimum absolute atomic E-state index is 0.0465. The summed E-state index contributed by atoms with van der Waals surface area (Å²) in [6.45, 7) is 0.596. The van der Waals surface area contributed by atoms with E-state index >= 15 is 0 Å². The average molecular weight is 446 g/mol. The molecule has 31 heavy (non-hydrogen) atoms. The number of rotatable bonds is 6. The number of nitrogens with one attached hydrogen (secondary N) is 1. The van der Waals surface area contributed by atoms with E-state index in [-0.39, 0.29) is 6.04 Å². The van der Waals surface area contributed by atoms with Gasteiger partial charge in [0.25, 0.3) is 0 Å². The molecule has 0 aliphatic carbocycles. The van der Waals surface area contributed by atoms with E-state index in [0.717, 1.165) is 38.1 Å². The summed E-state index contributed by atoms with van der Waals surface area (Å²) in [7, 11) is 0. The number of thiophene rings is 1. The first-order valence-corrected chi connectivity index (χ1v) is 11.2. The van der Waals surface area contributed by atoms with Crippen molar-refractivity contribution >= 4 is 49.1 Å². The van der Waals surface area contributed by atoms with E-state index in [2.05, 4.69) is 28.5 Å². The van der Waals surface area contributed by atoms with E-state index in [9.17, 15) is 0 Å². The van der Waals surface area contributed by atoms with Crippen LogP contribution in [-0.4, -0.2) is 27.5 Å². The van der Waals surface area contributed by atoms with Crippen LogP contribution in [0.25, 0.3) is 31.7 Å². The molecule has 1 unspecified atom stereocenters. The molecular formula is C24H20ClN5S. The maximum absolute atomic E-state index is 6.54. The van der Waals surface area contributed by atoms with Gasteiger partial charge < -0.3 is 11.1 Å². The molecule has 0 radical (unpaired) electrons. The monoisotopic (exact) mass is 445 g/mol. The van der Waals surface area contributed by atoms with Gasteiger partial charge in [-0.3, -0.25) is 4.98 Å². The molecule has 0 spiro atoms. The summed E-state index contributed by atoms with van der Waals surface area (Å²) in [5, 5.41) is 5.12. The summed E-state index contributed by atoms with van der Waals surface area (Å²) < 4.78 is 2.06. The van der Waals surface area contributed by atoms with Crippen LogP contribution in [0.2, 0.25) is 5.02 Å². The van der Waals surface area contributed by atoms with Crippen molar-refractivity contribution in [1.29, 1.82) is 0 Å². The number of pyridine rings is 1. The van der Waals surface area contributed by atoms with Crippen LogP contribution in [0.1, 0.15) is 5.56 Å². The number of halogens is 1. The molecule has 3 heterocycles. The Labute approximate surface area is 188 Å². The van der Waals surface area contributed by atoms with Gasteiger partial charge in [-0.25, -0.2) is 9.97 Å². The lowest BCUT2D eigenvalue weighted by Crippen LogP contribution is -2.31. The highest BCUT2D eigenvalue weighted by atomic mass is 35.5. The molecule has 5 aromatic rings. The first-order chi connectivity index (χ1) is 15.2. The SMILES string of the molecule is NC(CNc1nc(-c2ccncc2)nc2c1sc1cccc(Cl)c12)Cc1ccccc1. The highest BCUT2D eigenvalue weighted by Gasteiger charge is 2.17. The second kappa shape index (κ2) is 8.59. The molecule has 3 N–H and O–H groups in total. The summed E-state index contributed by atoms with van der Waals surface area (Å²) >= 11 is 8.18. The van der Waals surface area contributed by atoms with Crippen molar-refractivity contribution in [3.05, 3.63) is 83.6 Å². The van der Waals surface area contributed by atoms with E-state index in [1.165, 1.54) is 5.56 Å². The highest BCUT2D eigenvalue weighted by molar-refractivity contribution is 7.26. The number of aromatic nitrogens is 3. The lowest BCUT2D eigenvalue weighted by molar-refractivity contribution is 0.698. The van der Waals surface area contributed by atoms with E-state index in [0.29, 0.717) is 17.4 Å². The van der Waals surface area contributed by atoms with E-state index in [4.69, 9.17) is 27.3 Å². The van der Waals surface area contributed by atoms with Crippen molar-refractivity contribution in [2.24, 2.45) is 5.73 Å². The zero-order chi connectivity index (χ0) is 21.2. The highest BCUT2D eigenvalue weighted by Crippen LogP contribution is 2.40. The maximum Gasteiger partial charge on any atom is 0.162 e. The first kappa shape index (κ1) is 19.9. The number of anilines is 1. The number of hydrogen-bond acceptors (Lipinski definition) is 6. The zero-order valence-corrected chi connectivity index (χ0v) is 18.2. The molecule has 0 saturated heterocycles. The van der Waals surface area contributed by atoms with Crippen molar-refractivity contribution < 1.29 is 0 Å². The lowest BCUT2D eigenvalue weighted by Gasteiger charge is -2.14. The van der Waals surface area contributed by atoms with Crippen LogP contribution >= 0.6 is 22.9 Å². The molecule has 7 heteroatoms. The second-order valence-electron chi connectivity index (χ2n) is 7.36. The fourth-order valence-corrected chi connectivity index (χ4v) is 5.07. The average Bonchev–Trinajstić information content (AvgIpc) is 3.19. The molecule has 0 amide bonds. The normalized spacial score (nSPS) is 12.3. The van der Waals surface area contributed by atoms with Crippen molar-refractivity contribution in [3.8, 4) is 11.4 Å². The van der Waals surface area contributed by atoms with Gasteiger partial charge in [-0.2, -0.15) is 0 Å². The fourth-order valence-electron chi connectivity index (χ4n) is 3.61. The molecule has 3 aromatic heterocycles. The second-order valence-corrected chi connectivity index (χ2v) is 8.81. The van der Waals surface area contributed by atoms with Crippen molar-refractivity contribution in [1.82, 2.24) is 15.0 Å². The number of nitrogens with zero attached hydrogens (tertiary/aromatic N) is 3. The molecule has 5 nitrogen and oxygen atoms in total. The quantitative estimate of drug-likeness (QED) is 0.358. The van der Waals surface area contributed by atoms with Crippen molar-refractivity contribution in [2.45, 2.75) is 12.5 Å². The Morgan fingerprint density at radius 2 is 1.77 bits per heavy atom. The summed E-state index contributed by atoms with van der Waals surface area (Å²) in [5.74, 6) is 1.41. The Kier molecular flexibility index (Phi) is 5.51. The van der Waals surface area contributed by atoms with Crippen LogP contribution in [0.5, 0.6) is 0 Å². The molecule has 0 aliphatic heterocycles. The smallest absolute Gasteiger partial charge is 0.162 e. The first-order valence-electron chi connectivity index (χ1n) is 10.0. The Morgan fingerprint density at radius 3 is 2.58 bits per heavy atom. The van der Waals surface area contributed by atoms with Gasteiger partial charge in [0, 0.05) is 40.6 Å². The molecular weight excluding hydrogens is 426 g/mol. The van der Waals surface area contributed by atoms with E-state index in [1.54, 1.807) is 23.7 Å². The number of benzene rings is 2. The molecule has 2 aromatic carbocycles. The molecule has 0 fully saturated rings. The third-order valence-corrected chi connectivity index (χ3v) is 6.57. The predicted molar refractivity (Wildman–Crippen MR) is 130 cm³/mol. The van der Waals surface area contributed by atoms with Gasteiger partial charge >= 0.3 is 0 Å². The fraction of sp³-hybridized carbons (Fsp3) is 0.125. The van der Waals surface area contributed by atoms with Gasteiger partial charge in [-0.1, -0.05) is 48.0 Å². The molecule has 0 aliphatic rings. The Hall–Kier alpha value is -3.06. The van der Waals surface area contributed by atoms with Gasteiger partial charge in [0.05, 0.1) is 15.2 Å². The third kappa shape index (κ3) is 4.10. The van der Waals surface area contributed by atoms with Crippen LogP contribution in [0.4, 0.5) is 5.82 Å². The van der Waals surface area contributed by atoms with Crippen LogP contribution in [0.3, 0.4) is 0 Å². The Balaban J connectivity index is 1.54. The lowest BCUT2D eigenvalue weighted by atomic mass is 10.1. The minimum Gasteiger partial charge on any atom is -0.367 e. The molecule has 1 atom stereocenters. The molecule has 154 valence electrons. The summed E-state index contributed by atoms with van der Waals surface area (Å²) in [4.78, 5) is 13.8. The maximum atomic E-state index is 6.54. The van der Waals surface area contributed by atoms with Gasteiger partial charge in [0.1, 0.15) is 5.82 Å². The number of fused-ring (bicyclic) bond motifs is 3. The zero-order valence-electron chi connectivity index (χ0n) is 16.6. The largest absolute Gasteiger partial charge is 0.367 e. The van der Waals surface area contributed by atoms with E-state index < -0.39 is 0 Å². The van der Waals surface area contributed by atoms with Crippen LogP contribution in [0.15, 0.2) is 73.1 Å². The summed E-state index contributed by atoms with van der Waals surface area (Å²) in [6, 6.07) is 19.9. The minimum atomic E-state index is -0.0465. The topological polar surface area (TPSA) is 76.7 Å². The molecule has 0 bridgehead atoms. The molecule has 5 rings (SSSR count). The van der Waals surface area contributed by atoms with Crippen LogP contribution in [-0.2, 0) is 6.42 Å². The van der Waals surface area contributed by atoms with Gasteiger partial charge in [-0.05, 0) is 36.2 Å². The Bertz CT molecular complexity index is 1340. The van der Waals surface area contributed by atoms with Gasteiger partial charge in [-0.15, -0.1) is 11.3 Å². The van der Waals surface area contributed by atoms with Gasteiger partial charge in [0.2, 0.25) is 0 Å². The summed E-state index contributed by atoms with van der Waals surface area (Å²) in [6.07, 6.45) is 4.27. The predicted octanol–water partition coefficient (Wildman–Crippen LogP) is 5.54. The van der Waals surface area contributed by atoms with Crippen LogP contribution < -0.4 is 11.1 Å². The van der Waals surface area contributed by atoms with E-state index in [1.807, 2.05) is 42.5 Å². The van der Waals surface area contributed by atoms with Crippen molar-refractivity contribution in [3.63, 3.8) is 0 Å².